The number of hydrogen-bond donors (Lipinski definition) is 20. The first kappa shape index (κ1) is 80.4. The van der Waals surface area contributed by atoms with Crippen LogP contribution >= 0.6 is 0 Å². The average Bonchev–Trinajstić information content (AvgIpc) is 0.864. The fourth-order valence-corrected chi connectivity index (χ4v) is 20.0. The van der Waals surface area contributed by atoms with Gasteiger partial charge < -0.3 is 168 Å². The molecule has 11 fully saturated rings. The highest BCUT2D eigenvalue weighted by Crippen LogP contribution is 2.76. The number of carbonyl (C=O) groups excluding carboxylic acids is 1. The highest BCUT2D eigenvalue weighted by Gasteiger charge is 2.74. The number of fused-ring (bicyclic) bond motifs is 7. The summed E-state index contributed by atoms with van der Waals surface area (Å²) in [6, 6.07) is 0. The standard InChI is InChI=1S/C68H110O35/c1-25-37(77)41(81)43(83)56(94-25)98-48-32(75)21-91-55(44(48)84)97-47-26(2)95-57(46(86)50(47)100-60-52(87)67(89,23-71)24-93-60)101-51-39(79)31(74)20-92-59(51)103-61(88)68-14-13-62(3,4)15-28(68)27-9-10-35-63(5)16-29(72)53(64(6,22-70)34(63)11-12-65(35,7)66(27,8)17-36(68)76)102-58-45(85)49(40(80)33(18-69)96-58)99-54-42(82)38(78)30(73)19-90-54/h9,25-26,28-60,69-87,89H,10-24H2,1-8H3/t25-,26-,28-,29-,30+,31-,32+,33+,34-,35-,36+,37-,38-,39-,40+,41+,42+,43+,44+,45+,46+,47-,48-,49-,50-,51+,52-,53-,54-,55-,56-,57-,58-,59-,60-,63-,64-,65+,66+,67+,68+/m0/s1. The number of ether oxygens (including phenoxy) is 14. The van der Waals surface area contributed by atoms with Crippen LogP contribution in [0.25, 0.3) is 0 Å². The first-order valence-corrected chi connectivity index (χ1v) is 36.0. The minimum absolute atomic E-state index is 0.0425. The maximum Gasteiger partial charge on any atom is 0.317 e. The van der Waals surface area contributed by atoms with E-state index in [1.807, 2.05) is 0 Å². The summed E-state index contributed by atoms with van der Waals surface area (Å²) >= 11 is 0. The van der Waals surface area contributed by atoms with Gasteiger partial charge in [0.05, 0.1) is 76.8 Å². The smallest absolute Gasteiger partial charge is 0.317 e. The summed E-state index contributed by atoms with van der Waals surface area (Å²) in [4.78, 5) is 15.8. The van der Waals surface area contributed by atoms with Crippen molar-refractivity contribution in [2.24, 2.45) is 50.2 Å². The largest absolute Gasteiger partial charge is 0.432 e. The molecule has 0 bridgehead atoms. The summed E-state index contributed by atoms with van der Waals surface area (Å²) < 4.78 is 83.6. The van der Waals surface area contributed by atoms with Crippen molar-refractivity contribution in [1.82, 2.24) is 0 Å². The van der Waals surface area contributed by atoms with Gasteiger partial charge in [-0.3, -0.25) is 4.79 Å². The van der Waals surface area contributed by atoms with Gasteiger partial charge in [0.2, 0.25) is 6.29 Å². The molecule has 0 radical (unpaired) electrons. The Kier molecular flexibility index (Phi) is 23.3. The quantitative estimate of drug-likeness (QED) is 0.0366. The van der Waals surface area contributed by atoms with Crippen LogP contribution < -0.4 is 0 Å². The molecule has 7 aliphatic heterocycles. The summed E-state index contributed by atoms with van der Waals surface area (Å²) in [5.41, 5.74) is -6.94. The summed E-state index contributed by atoms with van der Waals surface area (Å²) in [7, 11) is 0. The molecule has 35 nitrogen and oxygen atoms in total. The summed E-state index contributed by atoms with van der Waals surface area (Å²) in [5.74, 6) is -2.22. The second kappa shape index (κ2) is 29.9. The van der Waals surface area contributed by atoms with Crippen LogP contribution in [-0.2, 0) is 71.1 Å². The molecule has 41 atom stereocenters. The molecule has 35 heteroatoms. The fraction of sp³-hybridized carbons (Fsp3) is 0.956. The van der Waals surface area contributed by atoms with Gasteiger partial charge in [-0.1, -0.05) is 53.2 Å². The molecule has 12 rings (SSSR count). The SMILES string of the molecule is C[C@@H]1O[C@@H](O[C@@H]2[C@@H](O)[C@H](O[C@@H]3[C@@H](O[C@@H]4OC[C@](O)(CO)[C@H]4O)[C@@H](O)[C@H](O[C@H]4[C@H](OC(=O)[C@]56CCC(C)(C)C[C@H]5C5=CC[C@H]7[C@@]8(C)C[C@H](O)[C@H](O[C@@H]9O[C@H](CO)[C@@H](O)[C@H](O[C@@H]%10OC[C@@H](O)[C@H](O)[C@H]%10O)[C@H]9O)[C@@](C)(CO)[C@H]8CC[C@@]7(C)[C@]5(C)C[C@H]6O)OC[C@H](O)[C@@H]4O)O[C@H]3C)OC[C@H]2O)[C@H](O)[C@H](O)[C@H]1O. The lowest BCUT2D eigenvalue weighted by atomic mass is 9.33. The van der Waals surface area contributed by atoms with E-state index in [1.54, 1.807) is 6.92 Å². The van der Waals surface area contributed by atoms with Crippen LogP contribution in [0.3, 0.4) is 0 Å². The lowest BCUT2D eigenvalue weighted by Gasteiger charge is -2.72. The third-order valence-electron chi connectivity index (χ3n) is 26.3. The number of aliphatic hydroxyl groups excluding tert-OH is 19. The van der Waals surface area contributed by atoms with Crippen molar-refractivity contribution in [3.8, 4) is 0 Å². The molecular formula is C68H110O35. The van der Waals surface area contributed by atoms with E-state index >= 15 is 4.79 Å². The third-order valence-corrected chi connectivity index (χ3v) is 26.3. The zero-order valence-electron chi connectivity index (χ0n) is 59.0. The van der Waals surface area contributed by atoms with Crippen molar-refractivity contribution >= 4 is 5.97 Å². The molecule has 5 aliphatic carbocycles. The van der Waals surface area contributed by atoms with Gasteiger partial charge in [0.15, 0.2) is 43.8 Å². The molecule has 0 aromatic carbocycles. The van der Waals surface area contributed by atoms with Crippen molar-refractivity contribution in [3.05, 3.63) is 11.6 Å². The van der Waals surface area contributed by atoms with E-state index in [9.17, 15) is 102 Å². The van der Waals surface area contributed by atoms with Crippen LogP contribution in [0.15, 0.2) is 11.6 Å². The summed E-state index contributed by atoms with van der Waals surface area (Å²) in [6.07, 6.45) is -49.2. The van der Waals surface area contributed by atoms with E-state index in [2.05, 4.69) is 40.7 Å². The first-order valence-electron chi connectivity index (χ1n) is 36.0. The Morgan fingerprint density at radius 1 is 0.495 bits per heavy atom. The van der Waals surface area contributed by atoms with Gasteiger partial charge in [-0.15, -0.1) is 0 Å². The molecule has 7 saturated heterocycles. The van der Waals surface area contributed by atoms with E-state index < -0.39 is 293 Å². The number of allylic oxidation sites excluding steroid dienone is 2. The van der Waals surface area contributed by atoms with Gasteiger partial charge in [-0.05, 0) is 105 Å². The number of rotatable bonds is 17. The lowest BCUT2D eigenvalue weighted by molar-refractivity contribution is -0.387. The Labute approximate surface area is 594 Å². The van der Waals surface area contributed by atoms with E-state index in [0.717, 1.165) is 5.57 Å². The van der Waals surface area contributed by atoms with Crippen molar-refractivity contribution in [2.45, 2.75) is 309 Å². The Hall–Kier alpha value is -2.11. The molecule has 0 amide bonds. The number of esters is 1. The van der Waals surface area contributed by atoms with Crippen LogP contribution in [0, 0.1) is 50.2 Å². The third kappa shape index (κ3) is 13.6. The van der Waals surface area contributed by atoms with Gasteiger partial charge >= 0.3 is 5.97 Å². The van der Waals surface area contributed by atoms with Crippen LogP contribution in [-0.4, -0.2) is 357 Å². The number of aliphatic hydroxyl groups is 20. The van der Waals surface area contributed by atoms with E-state index in [1.165, 1.54) is 13.8 Å². The van der Waals surface area contributed by atoms with Gasteiger partial charge in [-0.25, -0.2) is 0 Å². The first-order chi connectivity index (χ1) is 48.3. The van der Waals surface area contributed by atoms with Crippen molar-refractivity contribution < 1.29 is 173 Å². The molecule has 4 saturated carbocycles. The lowest BCUT2D eigenvalue weighted by Crippen LogP contribution is -2.71. The van der Waals surface area contributed by atoms with Crippen LogP contribution in [0.2, 0.25) is 0 Å². The summed E-state index contributed by atoms with van der Waals surface area (Å²) in [6.45, 7) is 10.5. The number of carbonyl (C=O) groups is 1. The molecule has 12 aliphatic rings. The van der Waals surface area contributed by atoms with E-state index in [0.29, 0.717) is 32.1 Å². The van der Waals surface area contributed by atoms with Crippen LogP contribution in [0.1, 0.15) is 107 Å². The minimum atomic E-state index is -2.26. The molecule has 7 heterocycles. The second-order valence-corrected chi connectivity index (χ2v) is 33.1. The highest BCUT2D eigenvalue weighted by atomic mass is 16.8. The van der Waals surface area contributed by atoms with Crippen molar-refractivity contribution in [3.63, 3.8) is 0 Å². The Morgan fingerprint density at radius 3 is 1.72 bits per heavy atom. The van der Waals surface area contributed by atoms with Gasteiger partial charge in [0.1, 0.15) is 127 Å². The Balaban J connectivity index is 0.781. The molecule has 0 unspecified atom stereocenters. The molecule has 103 heavy (non-hydrogen) atoms. The number of hydrogen-bond acceptors (Lipinski definition) is 35. The molecule has 20 N–H and O–H groups in total. The minimum Gasteiger partial charge on any atom is -0.432 e. The summed E-state index contributed by atoms with van der Waals surface area (Å²) in [5, 5.41) is 224. The van der Waals surface area contributed by atoms with Crippen LogP contribution in [0.4, 0.5) is 0 Å². The Morgan fingerprint density at radius 2 is 1.06 bits per heavy atom. The second-order valence-electron chi connectivity index (χ2n) is 33.1. The zero-order chi connectivity index (χ0) is 75.1. The van der Waals surface area contributed by atoms with Crippen LogP contribution in [0.5, 0.6) is 0 Å². The van der Waals surface area contributed by atoms with Gasteiger partial charge in [-0.2, -0.15) is 0 Å². The average molecular weight is 1490 g/mol. The van der Waals surface area contributed by atoms with Gasteiger partial charge in [0.25, 0.3) is 0 Å². The van der Waals surface area contributed by atoms with Gasteiger partial charge in [0, 0.05) is 5.41 Å². The fourth-order valence-electron chi connectivity index (χ4n) is 20.0. The topological polar surface area (TPSA) is 551 Å². The Bertz CT molecular complexity index is 2960. The molecule has 592 valence electrons. The monoisotopic (exact) mass is 1490 g/mol. The van der Waals surface area contributed by atoms with Crippen molar-refractivity contribution in [1.29, 1.82) is 0 Å². The highest BCUT2D eigenvalue weighted by molar-refractivity contribution is 5.80. The molecular weight excluding hydrogens is 1380 g/mol. The molecule has 0 aromatic heterocycles. The maximum atomic E-state index is 15.8. The van der Waals surface area contributed by atoms with E-state index in [4.69, 9.17) is 66.3 Å². The van der Waals surface area contributed by atoms with Crippen molar-refractivity contribution in [2.75, 3.05) is 46.2 Å². The maximum absolute atomic E-state index is 15.8. The normalized spacial score (nSPS) is 55.9. The predicted molar refractivity (Wildman–Crippen MR) is 338 cm³/mol. The van der Waals surface area contributed by atoms with E-state index in [-0.39, 0.29) is 31.1 Å². The molecule has 0 spiro atoms. The predicted octanol–water partition coefficient (Wildman–Crippen LogP) is -7.04. The zero-order valence-corrected chi connectivity index (χ0v) is 59.0. The molecule has 0 aromatic rings.